The summed E-state index contributed by atoms with van der Waals surface area (Å²) in [4.78, 5) is 16.5. The van der Waals surface area contributed by atoms with Crippen LogP contribution in [-0.2, 0) is 0 Å². The molecule has 6 heteroatoms. The predicted molar refractivity (Wildman–Crippen MR) is 70.4 cm³/mol. The number of aromatic amines is 1. The van der Waals surface area contributed by atoms with E-state index in [9.17, 15) is 4.79 Å². The average Bonchev–Trinajstić information content (AvgIpc) is 3.04. The van der Waals surface area contributed by atoms with Gasteiger partial charge in [0.2, 0.25) is 0 Å². The molecule has 0 saturated heterocycles. The molecule has 19 heavy (non-hydrogen) atoms. The first-order valence-electron chi connectivity index (χ1n) is 5.83. The predicted octanol–water partition coefficient (Wildman–Crippen LogP) is 1.36. The van der Waals surface area contributed by atoms with Crippen LogP contribution in [0.5, 0.6) is 0 Å². The summed E-state index contributed by atoms with van der Waals surface area (Å²) in [6.07, 6.45) is 3.23. The van der Waals surface area contributed by atoms with Gasteiger partial charge in [-0.1, -0.05) is 18.2 Å². The minimum absolute atomic E-state index is 0.133. The number of H-pyrrole nitrogens is 1. The number of fused-ring (bicyclic) bond motifs is 3. The first-order chi connectivity index (χ1) is 9.34. The van der Waals surface area contributed by atoms with E-state index in [4.69, 9.17) is 0 Å². The van der Waals surface area contributed by atoms with Crippen molar-refractivity contribution >= 4 is 16.7 Å². The Morgan fingerprint density at radius 1 is 1.11 bits per heavy atom. The second-order valence-corrected chi connectivity index (χ2v) is 4.21. The molecule has 0 bridgehead atoms. The SMILES string of the molecule is O=c1c2cnc3ccnn3c2[nH]n1-c1ccccc1. The third-order valence-corrected chi connectivity index (χ3v) is 3.08. The summed E-state index contributed by atoms with van der Waals surface area (Å²) in [5, 5.41) is 7.75. The van der Waals surface area contributed by atoms with Crippen LogP contribution in [0.25, 0.3) is 22.4 Å². The second kappa shape index (κ2) is 3.55. The van der Waals surface area contributed by atoms with Crippen LogP contribution in [0.15, 0.2) is 53.6 Å². The lowest BCUT2D eigenvalue weighted by atomic mass is 10.3. The molecule has 1 aromatic carbocycles. The van der Waals surface area contributed by atoms with Gasteiger partial charge in [0.15, 0.2) is 11.3 Å². The maximum absolute atomic E-state index is 12.3. The molecule has 0 fully saturated rings. The van der Waals surface area contributed by atoms with E-state index in [0.29, 0.717) is 16.7 Å². The first kappa shape index (κ1) is 10.1. The van der Waals surface area contributed by atoms with E-state index < -0.39 is 0 Å². The van der Waals surface area contributed by atoms with Gasteiger partial charge < -0.3 is 0 Å². The second-order valence-electron chi connectivity index (χ2n) is 4.21. The minimum Gasteiger partial charge on any atom is -0.273 e. The van der Waals surface area contributed by atoms with Crippen molar-refractivity contribution in [2.75, 3.05) is 0 Å². The van der Waals surface area contributed by atoms with Gasteiger partial charge in [0.1, 0.15) is 5.39 Å². The lowest BCUT2D eigenvalue weighted by molar-refractivity contribution is 0.843. The maximum atomic E-state index is 12.3. The summed E-state index contributed by atoms with van der Waals surface area (Å²) in [6.45, 7) is 0. The molecule has 0 amide bonds. The maximum Gasteiger partial charge on any atom is 0.282 e. The Labute approximate surface area is 106 Å². The molecule has 4 rings (SSSR count). The van der Waals surface area contributed by atoms with Crippen molar-refractivity contribution in [2.24, 2.45) is 0 Å². The van der Waals surface area contributed by atoms with Crippen LogP contribution in [0.3, 0.4) is 0 Å². The Kier molecular flexibility index (Phi) is 1.88. The fourth-order valence-corrected chi connectivity index (χ4v) is 2.17. The highest BCUT2D eigenvalue weighted by Gasteiger charge is 2.11. The van der Waals surface area contributed by atoms with E-state index in [0.717, 1.165) is 5.69 Å². The van der Waals surface area contributed by atoms with Crippen molar-refractivity contribution in [3.8, 4) is 5.69 Å². The summed E-state index contributed by atoms with van der Waals surface area (Å²) < 4.78 is 3.11. The molecule has 0 spiro atoms. The molecule has 92 valence electrons. The largest absolute Gasteiger partial charge is 0.282 e. The summed E-state index contributed by atoms with van der Waals surface area (Å²) >= 11 is 0. The average molecular weight is 251 g/mol. The molecule has 3 heterocycles. The topological polar surface area (TPSA) is 68.0 Å². The zero-order valence-corrected chi connectivity index (χ0v) is 9.82. The quantitative estimate of drug-likeness (QED) is 0.555. The molecule has 1 N–H and O–H groups in total. The molecular formula is C13H9N5O. The highest BCUT2D eigenvalue weighted by Crippen LogP contribution is 2.11. The van der Waals surface area contributed by atoms with Gasteiger partial charge in [-0.3, -0.25) is 9.89 Å². The number of rotatable bonds is 1. The van der Waals surface area contributed by atoms with Crippen molar-refractivity contribution in [2.45, 2.75) is 0 Å². The molecule has 0 radical (unpaired) electrons. The minimum atomic E-state index is -0.133. The van der Waals surface area contributed by atoms with Gasteiger partial charge in [0.05, 0.1) is 11.9 Å². The van der Waals surface area contributed by atoms with Crippen molar-refractivity contribution < 1.29 is 0 Å². The van der Waals surface area contributed by atoms with Crippen LogP contribution in [0.4, 0.5) is 0 Å². The van der Waals surface area contributed by atoms with Crippen LogP contribution < -0.4 is 5.56 Å². The Balaban J connectivity index is 2.14. The number of benzene rings is 1. The third-order valence-electron chi connectivity index (χ3n) is 3.08. The van der Waals surface area contributed by atoms with Crippen LogP contribution in [0.1, 0.15) is 0 Å². The molecule has 3 aromatic heterocycles. The number of para-hydroxylation sites is 1. The van der Waals surface area contributed by atoms with Crippen LogP contribution in [0.2, 0.25) is 0 Å². The number of hydrogen-bond donors (Lipinski definition) is 1. The lowest BCUT2D eigenvalue weighted by Crippen LogP contribution is -2.13. The molecule has 4 aromatic rings. The van der Waals surface area contributed by atoms with Gasteiger partial charge >= 0.3 is 0 Å². The van der Waals surface area contributed by atoms with Crippen molar-refractivity contribution in [1.29, 1.82) is 0 Å². The molecule has 0 atom stereocenters. The fourth-order valence-electron chi connectivity index (χ4n) is 2.17. The molecule has 0 aliphatic heterocycles. The van der Waals surface area contributed by atoms with Gasteiger partial charge in [-0.2, -0.15) is 9.61 Å². The highest BCUT2D eigenvalue weighted by atomic mass is 16.1. The van der Waals surface area contributed by atoms with E-state index >= 15 is 0 Å². The van der Waals surface area contributed by atoms with Crippen LogP contribution >= 0.6 is 0 Å². The summed E-state index contributed by atoms with van der Waals surface area (Å²) in [5.74, 6) is 0. The van der Waals surface area contributed by atoms with E-state index in [1.807, 2.05) is 30.3 Å². The molecular weight excluding hydrogens is 242 g/mol. The zero-order chi connectivity index (χ0) is 12.8. The number of nitrogens with zero attached hydrogens (tertiary/aromatic N) is 4. The highest BCUT2D eigenvalue weighted by molar-refractivity contribution is 5.76. The Hall–Kier alpha value is -2.89. The molecule has 0 saturated carbocycles. The summed E-state index contributed by atoms with van der Waals surface area (Å²) in [5.41, 5.74) is 1.99. The number of aromatic nitrogens is 5. The molecule has 0 aliphatic rings. The Bertz CT molecular complexity index is 932. The van der Waals surface area contributed by atoms with Crippen molar-refractivity contribution in [3.63, 3.8) is 0 Å². The van der Waals surface area contributed by atoms with Gasteiger partial charge in [-0.15, -0.1) is 0 Å². The summed E-state index contributed by atoms with van der Waals surface area (Å²) in [7, 11) is 0. The van der Waals surface area contributed by atoms with E-state index in [-0.39, 0.29) is 5.56 Å². The first-order valence-corrected chi connectivity index (χ1v) is 5.83. The number of nitrogens with one attached hydrogen (secondary N) is 1. The normalized spacial score (nSPS) is 11.4. The lowest BCUT2D eigenvalue weighted by Gasteiger charge is -1.99. The van der Waals surface area contributed by atoms with E-state index in [2.05, 4.69) is 15.2 Å². The number of hydrogen-bond acceptors (Lipinski definition) is 3. The fraction of sp³-hybridized carbons (Fsp3) is 0. The van der Waals surface area contributed by atoms with Crippen molar-refractivity contribution in [1.82, 2.24) is 24.4 Å². The molecule has 0 unspecified atom stereocenters. The van der Waals surface area contributed by atoms with Crippen LogP contribution in [-0.4, -0.2) is 24.4 Å². The third kappa shape index (κ3) is 1.33. The standard InChI is InChI=1S/C13H9N5O/c19-13-10-8-14-11-6-7-15-18(11)12(10)16-17(13)9-4-2-1-3-5-9/h1-8,16H. The smallest absolute Gasteiger partial charge is 0.273 e. The molecule has 6 nitrogen and oxygen atoms in total. The monoisotopic (exact) mass is 251 g/mol. The van der Waals surface area contributed by atoms with Crippen molar-refractivity contribution in [3.05, 3.63) is 59.1 Å². The van der Waals surface area contributed by atoms with Crippen LogP contribution in [0, 0.1) is 0 Å². The van der Waals surface area contributed by atoms with Gasteiger partial charge in [-0.05, 0) is 12.1 Å². The summed E-state index contributed by atoms with van der Waals surface area (Å²) in [6, 6.07) is 11.2. The van der Waals surface area contributed by atoms with Gasteiger partial charge in [-0.25, -0.2) is 9.67 Å². The van der Waals surface area contributed by atoms with Gasteiger partial charge in [0.25, 0.3) is 5.56 Å². The molecule has 0 aliphatic carbocycles. The zero-order valence-electron chi connectivity index (χ0n) is 9.82. The van der Waals surface area contributed by atoms with E-state index in [1.165, 1.54) is 4.68 Å². The Morgan fingerprint density at radius 3 is 2.79 bits per heavy atom. The Morgan fingerprint density at radius 2 is 1.95 bits per heavy atom. The van der Waals surface area contributed by atoms with E-state index in [1.54, 1.807) is 23.0 Å². The van der Waals surface area contributed by atoms with Gasteiger partial charge in [0, 0.05) is 12.3 Å².